The van der Waals surface area contributed by atoms with E-state index in [9.17, 15) is 14.7 Å². The van der Waals surface area contributed by atoms with E-state index < -0.39 is 16.9 Å². The molecule has 0 bridgehead atoms. The first-order valence-electron chi connectivity index (χ1n) is 6.15. The minimum absolute atomic E-state index is 0.0473. The molecule has 0 atom stereocenters. The van der Waals surface area contributed by atoms with Crippen LogP contribution >= 0.6 is 0 Å². The van der Waals surface area contributed by atoms with Crippen molar-refractivity contribution in [3.8, 4) is 6.07 Å². The molecule has 108 valence electrons. The zero-order chi connectivity index (χ0) is 15.3. The number of likely N-dealkylation sites (N-methyl/N-ethyl adjacent to an activating group) is 1. The van der Waals surface area contributed by atoms with Crippen molar-refractivity contribution in [2.75, 3.05) is 20.1 Å². The van der Waals surface area contributed by atoms with Crippen LogP contribution in [0.25, 0.3) is 0 Å². The number of hydrogen-bond donors (Lipinski definition) is 2. The number of aliphatic carboxylic acids is 1. The highest BCUT2D eigenvalue weighted by Crippen LogP contribution is 2.30. The van der Waals surface area contributed by atoms with E-state index in [2.05, 4.69) is 5.32 Å². The minimum atomic E-state index is -1.00. The van der Waals surface area contributed by atoms with Gasteiger partial charge in [0, 0.05) is 19.1 Å². The first-order valence-corrected chi connectivity index (χ1v) is 6.15. The second-order valence-corrected chi connectivity index (χ2v) is 5.63. The normalized spacial score (nSPS) is 11.8. The summed E-state index contributed by atoms with van der Waals surface area (Å²) >= 11 is 0. The molecule has 0 aliphatic carbocycles. The largest absolute Gasteiger partial charge is 0.481 e. The predicted octanol–water partition coefficient (Wildman–Crippen LogP) is 0.837. The third kappa shape index (κ3) is 4.52. The molecule has 0 aromatic heterocycles. The predicted molar refractivity (Wildman–Crippen MR) is 71.4 cm³/mol. The molecule has 19 heavy (non-hydrogen) atoms. The molecule has 0 unspecified atom stereocenters. The maximum atomic E-state index is 11.8. The lowest BCUT2D eigenvalue weighted by Crippen LogP contribution is -2.57. The third-order valence-electron chi connectivity index (χ3n) is 3.76. The van der Waals surface area contributed by atoms with Gasteiger partial charge >= 0.3 is 5.97 Å². The fraction of sp³-hybridized carbons (Fsp3) is 0.769. The SMILES string of the molecule is CN(CCC#N)C(=O)CNC(C)(C)C(C)(C)C(=O)O. The Kier molecular flexibility index (Phi) is 5.97. The molecule has 0 spiro atoms. The van der Waals surface area contributed by atoms with Crippen LogP contribution in [0.4, 0.5) is 0 Å². The maximum Gasteiger partial charge on any atom is 0.310 e. The summed E-state index contributed by atoms with van der Waals surface area (Å²) < 4.78 is 0. The van der Waals surface area contributed by atoms with Crippen LogP contribution in [0.15, 0.2) is 0 Å². The number of hydrogen-bond acceptors (Lipinski definition) is 4. The molecule has 0 heterocycles. The average Bonchev–Trinajstić information content (AvgIpc) is 2.32. The van der Waals surface area contributed by atoms with Crippen molar-refractivity contribution in [2.45, 2.75) is 39.7 Å². The van der Waals surface area contributed by atoms with Gasteiger partial charge in [0.15, 0.2) is 0 Å². The molecular weight excluding hydrogens is 246 g/mol. The molecule has 1 amide bonds. The van der Waals surface area contributed by atoms with Gasteiger partial charge in [-0.05, 0) is 27.7 Å². The van der Waals surface area contributed by atoms with Crippen molar-refractivity contribution < 1.29 is 14.7 Å². The highest BCUT2D eigenvalue weighted by atomic mass is 16.4. The number of carboxylic acid groups (broad SMARTS) is 1. The Labute approximate surface area is 114 Å². The van der Waals surface area contributed by atoms with E-state index in [1.54, 1.807) is 34.7 Å². The molecule has 0 radical (unpaired) electrons. The van der Waals surface area contributed by atoms with E-state index in [4.69, 9.17) is 5.26 Å². The smallest absolute Gasteiger partial charge is 0.310 e. The summed E-state index contributed by atoms with van der Waals surface area (Å²) in [6.07, 6.45) is 0.284. The number of carbonyl (C=O) groups is 2. The van der Waals surface area contributed by atoms with Crippen molar-refractivity contribution in [1.82, 2.24) is 10.2 Å². The van der Waals surface area contributed by atoms with Gasteiger partial charge in [0.05, 0.1) is 24.4 Å². The van der Waals surface area contributed by atoms with Crippen molar-refractivity contribution in [2.24, 2.45) is 5.41 Å². The van der Waals surface area contributed by atoms with Crippen LogP contribution in [0.2, 0.25) is 0 Å². The van der Waals surface area contributed by atoms with Crippen LogP contribution < -0.4 is 5.32 Å². The number of rotatable bonds is 7. The van der Waals surface area contributed by atoms with Gasteiger partial charge in [-0.1, -0.05) is 0 Å². The summed E-state index contributed by atoms with van der Waals surface area (Å²) in [5.74, 6) is -1.08. The summed E-state index contributed by atoms with van der Waals surface area (Å²) in [7, 11) is 1.62. The van der Waals surface area contributed by atoms with Crippen LogP contribution in [0.3, 0.4) is 0 Å². The molecular formula is C13H23N3O3. The van der Waals surface area contributed by atoms with Gasteiger partial charge in [0.1, 0.15) is 0 Å². The van der Waals surface area contributed by atoms with Gasteiger partial charge in [-0.2, -0.15) is 5.26 Å². The fourth-order valence-electron chi connectivity index (χ4n) is 1.26. The molecule has 0 rings (SSSR count). The highest BCUT2D eigenvalue weighted by Gasteiger charge is 2.43. The quantitative estimate of drug-likeness (QED) is 0.714. The van der Waals surface area contributed by atoms with Gasteiger partial charge in [-0.3, -0.25) is 9.59 Å². The third-order valence-corrected chi connectivity index (χ3v) is 3.76. The average molecular weight is 269 g/mol. The summed E-state index contributed by atoms with van der Waals surface area (Å²) in [6.45, 7) is 7.16. The summed E-state index contributed by atoms with van der Waals surface area (Å²) in [6, 6.07) is 1.97. The molecule has 0 saturated carbocycles. The van der Waals surface area contributed by atoms with Gasteiger partial charge in [-0.15, -0.1) is 0 Å². The van der Waals surface area contributed by atoms with E-state index in [1.807, 2.05) is 6.07 Å². The topological polar surface area (TPSA) is 93.4 Å². The molecule has 0 fully saturated rings. The monoisotopic (exact) mass is 269 g/mol. The van der Waals surface area contributed by atoms with Crippen molar-refractivity contribution in [1.29, 1.82) is 5.26 Å². The van der Waals surface area contributed by atoms with Crippen molar-refractivity contribution in [3.63, 3.8) is 0 Å². The second kappa shape index (κ2) is 6.53. The van der Waals surface area contributed by atoms with Crippen LogP contribution in [0.5, 0.6) is 0 Å². The first kappa shape index (κ1) is 17.4. The number of carboxylic acids is 1. The first-order chi connectivity index (χ1) is 8.56. The highest BCUT2D eigenvalue weighted by molar-refractivity contribution is 5.79. The van der Waals surface area contributed by atoms with Gasteiger partial charge in [0.2, 0.25) is 5.91 Å². The lowest BCUT2D eigenvalue weighted by Gasteiger charge is -2.39. The zero-order valence-electron chi connectivity index (χ0n) is 12.3. The Bertz CT molecular complexity index is 383. The number of nitrogens with zero attached hydrogens (tertiary/aromatic N) is 2. The van der Waals surface area contributed by atoms with E-state index in [0.717, 1.165) is 0 Å². The maximum absolute atomic E-state index is 11.8. The van der Waals surface area contributed by atoms with E-state index in [-0.39, 0.29) is 18.9 Å². The Morgan fingerprint density at radius 1 is 1.32 bits per heavy atom. The van der Waals surface area contributed by atoms with Crippen LogP contribution in [-0.2, 0) is 9.59 Å². The van der Waals surface area contributed by atoms with Crippen molar-refractivity contribution in [3.05, 3.63) is 0 Å². The van der Waals surface area contributed by atoms with Crippen LogP contribution in [0.1, 0.15) is 34.1 Å². The van der Waals surface area contributed by atoms with Crippen LogP contribution in [0, 0.1) is 16.7 Å². The molecule has 0 aliphatic heterocycles. The Hall–Kier alpha value is -1.61. The van der Waals surface area contributed by atoms with Gasteiger partial charge < -0.3 is 15.3 Å². The summed E-state index contributed by atoms with van der Waals surface area (Å²) in [4.78, 5) is 24.5. The summed E-state index contributed by atoms with van der Waals surface area (Å²) in [5.41, 5.74) is -1.73. The Balaban J connectivity index is 4.51. The second-order valence-electron chi connectivity index (χ2n) is 5.63. The molecule has 6 heteroatoms. The number of nitriles is 1. The zero-order valence-corrected chi connectivity index (χ0v) is 12.3. The standard InChI is InChI=1S/C13H23N3O3/c1-12(2,11(18)19)13(3,4)15-9-10(17)16(5)8-6-7-14/h15H,6,8-9H2,1-5H3,(H,18,19). The molecule has 0 aliphatic rings. The number of carbonyl (C=O) groups excluding carboxylic acids is 1. The number of amides is 1. The fourth-order valence-corrected chi connectivity index (χ4v) is 1.26. The number of nitrogens with one attached hydrogen (secondary N) is 1. The molecule has 0 aromatic carbocycles. The van der Waals surface area contributed by atoms with E-state index in [0.29, 0.717) is 6.54 Å². The molecule has 0 aromatic rings. The molecule has 0 saturated heterocycles. The lowest BCUT2D eigenvalue weighted by molar-refractivity contribution is -0.151. The summed E-state index contributed by atoms with van der Waals surface area (Å²) in [5, 5.41) is 20.6. The Morgan fingerprint density at radius 2 is 1.84 bits per heavy atom. The Morgan fingerprint density at radius 3 is 2.26 bits per heavy atom. The van der Waals surface area contributed by atoms with Gasteiger partial charge in [0.25, 0.3) is 0 Å². The molecule has 2 N–H and O–H groups in total. The molecule has 6 nitrogen and oxygen atoms in total. The van der Waals surface area contributed by atoms with Gasteiger partial charge in [-0.25, -0.2) is 0 Å². The lowest BCUT2D eigenvalue weighted by atomic mass is 9.74. The van der Waals surface area contributed by atoms with Crippen LogP contribution in [-0.4, -0.2) is 47.6 Å². The van der Waals surface area contributed by atoms with E-state index in [1.165, 1.54) is 4.90 Å². The van der Waals surface area contributed by atoms with E-state index >= 15 is 0 Å². The van der Waals surface area contributed by atoms with Crippen molar-refractivity contribution >= 4 is 11.9 Å². The minimum Gasteiger partial charge on any atom is -0.481 e.